The number of rotatable bonds is 5. The zero-order valence-electron chi connectivity index (χ0n) is 15.2. The van der Waals surface area contributed by atoms with Gasteiger partial charge in [0, 0.05) is 42.8 Å². The average Bonchev–Trinajstić information content (AvgIpc) is 2.97. The van der Waals surface area contributed by atoms with E-state index in [1.165, 1.54) is 5.56 Å². The number of fused-ring (bicyclic) bond motifs is 1. The Morgan fingerprint density at radius 2 is 2.16 bits per heavy atom. The number of carbonyl (C=O) groups excluding carboxylic acids is 1. The number of carbonyl (C=O) groups is 1. The van der Waals surface area contributed by atoms with Gasteiger partial charge in [0.2, 0.25) is 5.91 Å². The quantitative estimate of drug-likeness (QED) is 0.812. The Kier molecular flexibility index (Phi) is 5.80. The first kappa shape index (κ1) is 18.4. The molecule has 5 heteroatoms. The van der Waals surface area contributed by atoms with E-state index in [4.69, 9.17) is 17.0 Å². The number of hydrogen-bond donors (Lipinski definition) is 1. The van der Waals surface area contributed by atoms with E-state index in [1.54, 1.807) is 0 Å². The third kappa shape index (κ3) is 4.06. The molecule has 3 rings (SSSR count). The van der Waals surface area contributed by atoms with E-state index < -0.39 is 0 Å². The summed E-state index contributed by atoms with van der Waals surface area (Å²) in [5.41, 5.74) is 3.13. The Morgan fingerprint density at radius 1 is 1.36 bits per heavy atom. The largest absolute Gasteiger partial charge is 0.336 e. The lowest BCUT2D eigenvalue weighted by atomic mass is 9.96. The molecular formula is C20H28ClN3O. The van der Waals surface area contributed by atoms with Crippen molar-refractivity contribution in [1.29, 1.82) is 5.41 Å². The smallest absolute Gasteiger partial charge is 0.230 e. The Bertz CT molecular complexity index is 660. The maximum absolute atomic E-state index is 13.3. The normalized spacial score (nSPS) is 23.6. The molecular weight excluding hydrogens is 334 g/mol. The van der Waals surface area contributed by atoms with Gasteiger partial charge in [-0.1, -0.05) is 31.0 Å². The van der Waals surface area contributed by atoms with Gasteiger partial charge in [-0.15, -0.1) is 0 Å². The first-order valence-corrected chi connectivity index (χ1v) is 9.71. The number of piperazine rings is 1. The summed E-state index contributed by atoms with van der Waals surface area (Å²) in [5, 5.41) is 8.95. The van der Waals surface area contributed by atoms with Crippen LogP contribution in [0.5, 0.6) is 0 Å². The Hall–Kier alpha value is -1.39. The lowest BCUT2D eigenvalue weighted by molar-refractivity contribution is -0.137. The summed E-state index contributed by atoms with van der Waals surface area (Å²) in [5.74, 6) is 0.196. The highest BCUT2D eigenvalue weighted by Crippen LogP contribution is 2.36. The van der Waals surface area contributed by atoms with Gasteiger partial charge in [0.05, 0.1) is 5.92 Å². The van der Waals surface area contributed by atoms with Gasteiger partial charge in [0.1, 0.15) is 0 Å². The second-order valence-electron chi connectivity index (χ2n) is 7.44. The van der Waals surface area contributed by atoms with Gasteiger partial charge in [-0.3, -0.25) is 4.79 Å². The van der Waals surface area contributed by atoms with Crippen molar-refractivity contribution in [2.75, 3.05) is 26.7 Å². The number of benzene rings is 1. The molecule has 4 nitrogen and oxygen atoms in total. The summed E-state index contributed by atoms with van der Waals surface area (Å²) >= 11 is 6.10. The zero-order chi connectivity index (χ0) is 18.0. The summed E-state index contributed by atoms with van der Waals surface area (Å²) in [6, 6.07) is 6.05. The fourth-order valence-electron chi connectivity index (χ4n) is 4.21. The van der Waals surface area contributed by atoms with Crippen molar-refractivity contribution in [2.45, 2.75) is 51.0 Å². The Labute approximate surface area is 155 Å². The van der Waals surface area contributed by atoms with Crippen LogP contribution in [0.15, 0.2) is 18.2 Å². The molecule has 1 fully saturated rings. The minimum Gasteiger partial charge on any atom is -0.336 e. The maximum Gasteiger partial charge on any atom is 0.230 e. The van der Waals surface area contributed by atoms with Crippen LogP contribution in [0.1, 0.15) is 49.7 Å². The van der Waals surface area contributed by atoms with Crippen molar-refractivity contribution in [3.8, 4) is 0 Å². The summed E-state index contributed by atoms with van der Waals surface area (Å²) < 4.78 is 0. The highest BCUT2D eigenvalue weighted by atomic mass is 35.5. The Balaban J connectivity index is 1.77. The van der Waals surface area contributed by atoms with E-state index in [2.05, 4.69) is 23.8 Å². The molecule has 1 aromatic rings. The fourth-order valence-corrected chi connectivity index (χ4v) is 4.40. The molecule has 136 valence electrons. The first-order chi connectivity index (χ1) is 12.0. The molecule has 2 atom stereocenters. The molecule has 2 aliphatic rings. The topological polar surface area (TPSA) is 47.4 Å². The molecule has 1 N–H and O–H groups in total. The molecule has 1 amide bonds. The summed E-state index contributed by atoms with van der Waals surface area (Å²) in [6.07, 6.45) is 4.32. The second-order valence-corrected chi connectivity index (χ2v) is 7.88. The van der Waals surface area contributed by atoms with Gasteiger partial charge in [-0.05, 0) is 49.6 Å². The highest BCUT2D eigenvalue weighted by Gasteiger charge is 2.36. The zero-order valence-corrected chi connectivity index (χ0v) is 16.0. The van der Waals surface area contributed by atoms with Gasteiger partial charge < -0.3 is 15.2 Å². The molecule has 0 bridgehead atoms. The lowest BCUT2D eigenvalue weighted by Gasteiger charge is -2.41. The maximum atomic E-state index is 13.3. The van der Waals surface area contributed by atoms with Crippen LogP contribution in [0.4, 0.5) is 0 Å². The standard InChI is InChI=1S/C20H28ClN3O/c1-3-4-16(22)12-17-13-23(2)9-10-24(17)20(25)19-7-5-14-11-15(21)6-8-18(14)19/h6,8,11,17,19,22H,3-5,7,9-10,12-13H2,1-2H3. The number of hydrogen-bond acceptors (Lipinski definition) is 3. The molecule has 0 radical (unpaired) electrons. The fraction of sp³-hybridized carbons (Fsp3) is 0.600. The van der Waals surface area contributed by atoms with E-state index in [9.17, 15) is 4.79 Å². The average molecular weight is 362 g/mol. The van der Waals surface area contributed by atoms with E-state index in [0.29, 0.717) is 6.42 Å². The molecule has 1 aliphatic heterocycles. The van der Waals surface area contributed by atoms with Crippen LogP contribution in [0, 0.1) is 5.41 Å². The molecule has 1 aliphatic carbocycles. The molecule has 2 unspecified atom stereocenters. The van der Waals surface area contributed by atoms with Crippen molar-refractivity contribution >= 4 is 23.2 Å². The predicted molar refractivity (Wildman–Crippen MR) is 103 cm³/mol. The predicted octanol–water partition coefficient (Wildman–Crippen LogP) is 3.72. The van der Waals surface area contributed by atoms with Crippen molar-refractivity contribution < 1.29 is 4.79 Å². The monoisotopic (exact) mass is 361 g/mol. The van der Waals surface area contributed by atoms with Gasteiger partial charge in [0.15, 0.2) is 0 Å². The molecule has 0 spiro atoms. The third-order valence-corrected chi connectivity index (χ3v) is 5.72. The molecule has 0 saturated carbocycles. The second kappa shape index (κ2) is 7.88. The number of nitrogens with zero attached hydrogens (tertiary/aromatic N) is 2. The van der Waals surface area contributed by atoms with Gasteiger partial charge in [-0.2, -0.15) is 0 Å². The van der Waals surface area contributed by atoms with Crippen LogP contribution < -0.4 is 0 Å². The van der Waals surface area contributed by atoms with E-state index in [1.807, 2.05) is 18.2 Å². The van der Waals surface area contributed by atoms with Crippen LogP contribution in [0.2, 0.25) is 5.02 Å². The van der Waals surface area contributed by atoms with Gasteiger partial charge in [-0.25, -0.2) is 0 Å². The van der Waals surface area contributed by atoms with E-state index in [0.717, 1.165) is 61.6 Å². The first-order valence-electron chi connectivity index (χ1n) is 9.33. The minimum absolute atomic E-state index is 0.0430. The summed E-state index contributed by atoms with van der Waals surface area (Å²) in [6.45, 7) is 4.63. The lowest BCUT2D eigenvalue weighted by Crippen LogP contribution is -2.55. The SMILES string of the molecule is CCCC(=N)CC1CN(C)CCN1C(=O)C1CCc2cc(Cl)ccc21. The molecule has 0 aromatic heterocycles. The highest BCUT2D eigenvalue weighted by molar-refractivity contribution is 6.30. The Morgan fingerprint density at radius 3 is 2.92 bits per heavy atom. The van der Waals surface area contributed by atoms with Crippen LogP contribution in [-0.2, 0) is 11.2 Å². The van der Waals surface area contributed by atoms with Gasteiger partial charge >= 0.3 is 0 Å². The number of nitrogens with one attached hydrogen (secondary N) is 1. The molecule has 1 aromatic carbocycles. The van der Waals surface area contributed by atoms with Crippen LogP contribution in [0.25, 0.3) is 0 Å². The van der Waals surface area contributed by atoms with Crippen molar-refractivity contribution in [3.05, 3.63) is 34.3 Å². The van der Waals surface area contributed by atoms with Crippen LogP contribution in [0.3, 0.4) is 0 Å². The van der Waals surface area contributed by atoms with Gasteiger partial charge in [0.25, 0.3) is 0 Å². The van der Waals surface area contributed by atoms with Crippen LogP contribution in [-0.4, -0.2) is 54.1 Å². The van der Waals surface area contributed by atoms with Crippen LogP contribution >= 0.6 is 11.6 Å². The van der Waals surface area contributed by atoms with E-state index in [-0.39, 0.29) is 17.9 Å². The number of aryl methyl sites for hydroxylation is 1. The number of halogens is 1. The number of likely N-dealkylation sites (N-methyl/N-ethyl adjacent to an activating group) is 1. The molecule has 1 heterocycles. The van der Waals surface area contributed by atoms with Crippen molar-refractivity contribution in [1.82, 2.24) is 9.80 Å². The summed E-state index contributed by atoms with van der Waals surface area (Å²) in [7, 11) is 2.10. The third-order valence-electron chi connectivity index (χ3n) is 5.48. The van der Waals surface area contributed by atoms with Crippen molar-refractivity contribution in [3.63, 3.8) is 0 Å². The molecule has 25 heavy (non-hydrogen) atoms. The van der Waals surface area contributed by atoms with E-state index >= 15 is 0 Å². The number of amides is 1. The molecule has 1 saturated heterocycles. The summed E-state index contributed by atoms with van der Waals surface area (Å²) in [4.78, 5) is 17.6. The van der Waals surface area contributed by atoms with Crippen molar-refractivity contribution in [2.24, 2.45) is 0 Å². The minimum atomic E-state index is -0.0430.